The number of hydrogen-bond donors (Lipinski definition) is 1. The second-order valence-electron chi connectivity index (χ2n) is 9.71. The Bertz CT molecular complexity index is 1120. The van der Waals surface area contributed by atoms with Gasteiger partial charge in [0.25, 0.3) is 0 Å². The van der Waals surface area contributed by atoms with Gasteiger partial charge in [-0.25, -0.2) is 0 Å². The van der Waals surface area contributed by atoms with Crippen LogP contribution in [0.2, 0.25) is 0 Å². The first-order valence-electron chi connectivity index (χ1n) is 12.5. The highest BCUT2D eigenvalue weighted by molar-refractivity contribution is 5.83. The van der Waals surface area contributed by atoms with Crippen molar-refractivity contribution >= 4 is 16.7 Å². The number of carbonyl (C=O) groups excluding carboxylic acids is 1. The lowest BCUT2D eigenvalue weighted by atomic mass is 9.88. The first kappa shape index (κ1) is 22.9. The quantitative estimate of drug-likeness (QED) is 0.537. The second kappa shape index (κ2) is 10.6. The molecule has 5 rings (SSSR count). The van der Waals surface area contributed by atoms with Gasteiger partial charge < -0.3 is 19.6 Å². The van der Waals surface area contributed by atoms with E-state index in [4.69, 9.17) is 4.74 Å². The maximum atomic E-state index is 11.9. The van der Waals surface area contributed by atoms with E-state index in [1.54, 1.807) is 0 Å². The molecule has 0 saturated carbocycles. The number of nitrogens with zero attached hydrogens (tertiary/aromatic N) is 2. The van der Waals surface area contributed by atoms with Crippen molar-refractivity contribution in [2.75, 3.05) is 32.8 Å². The third kappa shape index (κ3) is 5.60. The van der Waals surface area contributed by atoms with Gasteiger partial charge in [0, 0.05) is 26.1 Å². The topological polar surface area (TPSA) is 53.0 Å². The minimum absolute atomic E-state index is 0.228. The third-order valence-electron chi connectivity index (χ3n) is 7.19. The minimum Gasteiger partial charge on any atom is -0.491 e. The van der Waals surface area contributed by atoms with Gasteiger partial charge in [0.1, 0.15) is 18.5 Å². The monoisotopic (exact) mass is 458 g/mol. The molecule has 5 nitrogen and oxygen atoms in total. The van der Waals surface area contributed by atoms with Crippen LogP contribution in [0.15, 0.2) is 66.7 Å². The van der Waals surface area contributed by atoms with Gasteiger partial charge in [-0.2, -0.15) is 0 Å². The predicted molar refractivity (Wildman–Crippen MR) is 135 cm³/mol. The Labute approximate surface area is 201 Å². The SMILES string of the molecule is O=C1CCCN1Cc1cccc(OC[C@@H](O)CN2CCC(c3ccc4ccccc4c3)CC2)c1. The normalized spacial score (nSPS) is 18.5. The highest BCUT2D eigenvalue weighted by Gasteiger charge is 2.23. The maximum Gasteiger partial charge on any atom is 0.222 e. The number of rotatable bonds is 8. The van der Waals surface area contributed by atoms with Gasteiger partial charge in [0.2, 0.25) is 5.91 Å². The lowest BCUT2D eigenvalue weighted by Crippen LogP contribution is -2.40. The summed E-state index contributed by atoms with van der Waals surface area (Å²) in [6, 6.07) is 23.3. The molecule has 1 N–H and O–H groups in total. The Balaban J connectivity index is 1.07. The van der Waals surface area contributed by atoms with Crippen molar-refractivity contribution in [2.45, 2.75) is 44.2 Å². The lowest BCUT2D eigenvalue weighted by molar-refractivity contribution is -0.128. The molecule has 34 heavy (non-hydrogen) atoms. The van der Waals surface area contributed by atoms with Crippen LogP contribution in [-0.4, -0.2) is 59.7 Å². The fourth-order valence-corrected chi connectivity index (χ4v) is 5.28. The fraction of sp³-hybridized carbons (Fsp3) is 0.414. The first-order chi connectivity index (χ1) is 16.6. The van der Waals surface area contributed by atoms with E-state index >= 15 is 0 Å². The van der Waals surface area contributed by atoms with E-state index in [2.05, 4.69) is 47.4 Å². The van der Waals surface area contributed by atoms with Gasteiger partial charge in [-0.05, 0) is 72.3 Å². The zero-order chi connectivity index (χ0) is 23.3. The molecule has 178 valence electrons. The number of benzene rings is 3. The van der Waals surface area contributed by atoms with E-state index in [0.717, 1.165) is 50.2 Å². The van der Waals surface area contributed by atoms with E-state index in [0.29, 0.717) is 25.4 Å². The Morgan fingerprint density at radius 1 is 0.941 bits per heavy atom. The van der Waals surface area contributed by atoms with Crippen LogP contribution in [0.4, 0.5) is 0 Å². The molecule has 0 bridgehead atoms. The van der Waals surface area contributed by atoms with E-state index in [-0.39, 0.29) is 12.5 Å². The molecule has 0 aromatic heterocycles. The van der Waals surface area contributed by atoms with Crippen LogP contribution >= 0.6 is 0 Å². The standard InChI is InChI=1S/C29H34N2O3/c32-27(21-34-28-8-3-5-22(17-28)19-31-14-4-9-29(31)33)20-30-15-12-24(13-16-30)26-11-10-23-6-1-2-7-25(23)18-26/h1-3,5-8,10-11,17-18,24,27,32H,4,9,12-16,19-21H2/t27-/m0/s1. The maximum absolute atomic E-state index is 11.9. The van der Waals surface area contributed by atoms with Crippen molar-refractivity contribution in [1.29, 1.82) is 0 Å². The molecule has 0 unspecified atom stereocenters. The van der Waals surface area contributed by atoms with Crippen LogP contribution in [0.25, 0.3) is 10.8 Å². The van der Waals surface area contributed by atoms with Crippen LogP contribution in [-0.2, 0) is 11.3 Å². The molecule has 1 atom stereocenters. The first-order valence-corrected chi connectivity index (χ1v) is 12.5. The van der Waals surface area contributed by atoms with Gasteiger partial charge in [-0.15, -0.1) is 0 Å². The zero-order valence-corrected chi connectivity index (χ0v) is 19.7. The van der Waals surface area contributed by atoms with Crippen LogP contribution in [0.5, 0.6) is 5.75 Å². The number of carbonyl (C=O) groups is 1. The Hall–Kier alpha value is -2.89. The molecule has 2 heterocycles. The summed E-state index contributed by atoms with van der Waals surface area (Å²) in [5.41, 5.74) is 2.50. The minimum atomic E-state index is -0.527. The second-order valence-corrected chi connectivity index (χ2v) is 9.71. The van der Waals surface area contributed by atoms with Gasteiger partial charge in [-0.1, -0.05) is 54.6 Å². The summed E-state index contributed by atoms with van der Waals surface area (Å²) in [4.78, 5) is 16.1. The molecule has 3 aromatic carbocycles. The Kier molecular flexibility index (Phi) is 7.12. The number of likely N-dealkylation sites (tertiary alicyclic amines) is 2. The molecule has 2 aliphatic rings. The average molecular weight is 459 g/mol. The highest BCUT2D eigenvalue weighted by atomic mass is 16.5. The van der Waals surface area contributed by atoms with Crippen LogP contribution in [0.3, 0.4) is 0 Å². The largest absolute Gasteiger partial charge is 0.491 e. The molecule has 0 radical (unpaired) electrons. The van der Waals surface area contributed by atoms with Crippen molar-refractivity contribution < 1.29 is 14.6 Å². The van der Waals surface area contributed by atoms with Crippen molar-refractivity contribution in [3.63, 3.8) is 0 Å². The summed E-state index contributed by atoms with van der Waals surface area (Å²) >= 11 is 0. The molecule has 2 fully saturated rings. The molecule has 2 aliphatic heterocycles. The van der Waals surface area contributed by atoms with Crippen molar-refractivity contribution in [3.05, 3.63) is 77.9 Å². The number of ether oxygens (including phenoxy) is 1. The van der Waals surface area contributed by atoms with Crippen molar-refractivity contribution in [3.8, 4) is 5.75 Å². The molecular formula is C29H34N2O3. The van der Waals surface area contributed by atoms with Crippen LogP contribution < -0.4 is 4.74 Å². The number of aliphatic hydroxyl groups excluding tert-OH is 1. The smallest absolute Gasteiger partial charge is 0.222 e. The number of β-amino-alcohol motifs (C(OH)–C–C–N with tert-alkyl or cyclic N) is 1. The third-order valence-corrected chi connectivity index (χ3v) is 7.19. The van der Waals surface area contributed by atoms with E-state index in [1.807, 2.05) is 29.2 Å². The van der Waals surface area contributed by atoms with E-state index in [9.17, 15) is 9.90 Å². The number of hydrogen-bond acceptors (Lipinski definition) is 4. The number of piperidine rings is 1. The van der Waals surface area contributed by atoms with Crippen LogP contribution in [0.1, 0.15) is 42.7 Å². The molecule has 2 saturated heterocycles. The van der Waals surface area contributed by atoms with Gasteiger partial charge in [0.05, 0.1) is 0 Å². The lowest BCUT2D eigenvalue weighted by Gasteiger charge is -2.33. The summed E-state index contributed by atoms with van der Waals surface area (Å²) in [5, 5.41) is 13.2. The molecule has 0 spiro atoms. The van der Waals surface area contributed by atoms with E-state index < -0.39 is 6.10 Å². The number of amides is 1. The van der Waals surface area contributed by atoms with Gasteiger partial charge in [0.15, 0.2) is 0 Å². The summed E-state index contributed by atoms with van der Waals surface area (Å²) in [7, 11) is 0. The number of aliphatic hydroxyl groups is 1. The number of fused-ring (bicyclic) bond motifs is 1. The Morgan fingerprint density at radius 3 is 2.56 bits per heavy atom. The van der Waals surface area contributed by atoms with Crippen molar-refractivity contribution in [2.24, 2.45) is 0 Å². The fourth-order valence-electron chi connectivity index (χ4n) is 5.28. The molecule has 3 aromatic rings. The Morgan fingerprint density at radius 2 is 1.76 bits per heavy atom. The average Bonchev–Trinajstić information content (AvgIpc) is 3.27. The summed E-state index contributed by atoms with van der Waals surface area (Å²) < 4.78 is 5.89. The van der Waals surface area contributed by atoms with Crippen molar-refractivity contribution in [1.82, 2.24) is 9.80 Å². The molecule has 5 heteroatoms. The predicted octanol–water partition coefficient (Wildman–Crippen LogP) is 4.58. The highest BCUT2D eigenvalue weighted by Crippen LogP contribution is 2.30. The van der Waals surface area contributed by atoms with E-state index in [1.165, 1.54) is 16.3 Å². The van der Waals surface area contributed by atoms with Gasteiger partial charge >= 0.3 is 0 Å². The van der Waals surface area contributed by atoms with Gasteiger partial charge in [-0.3, -0.25) is 4.79 Å². The molecule has 0 aliphatic carbocycles. The summed E-state index contributed by atoms with van der Waals surface area (Å²) in [6.45, 7) is 4.36. The zero-order valence-electron chi connectivity index (χ0n) is 19.7. The van der Waals surface area contributed by atoms with Crippen LogP contribution in [0, 0.1) is 0 Å². The molecule has 1 amide bonds. The molecular weight excluding hydrogens is 424 g/mol. The summed E-state index contributed by atoms with van der Waals surface area (Å²) in [5.74, 6) is 1.56. The summed E-state index contributed by atoms with van der Waals surface area (Å²) in [6.07, 6.45) is 3.30.